The van der Waals surface area contributed by atoms with E-state index in [1.54, 1.807) is 24.5 Å². The number of hydrogen-bond acceptors (Lipinski definition) is 4. The third kappa shape index (κ3) is 1.46. The highest BCUT2D eigenvalue weighted by molar-refractivity contribution is 5.69. The predicted octanol–water partition coefficient (Wildman–Crippen LogP) is 1.55. The lowest BCUT2D eigenvalue weighted by atomic mass is 10.2. The highest BCUT2D eigenvalue weighted by atomic mass is 16.4. The number of carbonyl (C=O) groups excluding carboxylic acids is 1. The van der Waals surface area contributed by atoms with Crippen molar-refractivity contribution in [1.29, 1.82) is 0 Å². The fourth-order valence-corrected chi connectivity index (χ4v) is 0.992. The molecule has 0 amide bonds. The van der Waals surface area contributed by atoms with Crippen LogP contribution in [0.1, 0.15) is 10.7 Å². The molecule has 0 aliphatic carbocycles. The van der Waals surface area contributed by atoms with Crippen LogP contribution in [-0.4, -0.2) is 16.3 Å². The Labute approximate surface area is 74.2 Å². The third-order valence-corrected chi connectivity index (χ3v) is 1.59. The third-order valence-electron chi connectivity index (χ3n) is 1.59. The minimum atomic E-state index is 0.0896. The maximum Gasteiger partial charge on any atom is 0.260 e. The van der Waals surface area contributed by atoms with Crippen molar-refractivity contribution >= 4 is 6.29 Å². The van der Waals surface area contributed by atoms with Crippen molar-refractivity contribution in [3.63, 3.8) is 0 Å². The van der Waals surface area contributed by atoms with Crippen LogP contribution in [-0.2, 0) is 0 Å². The molecule has 2 rings (SSSR count). The Morgan fingerprint density at radius 2 is 2.08 bits per heavy atom. The van der Waals surface area contributed by atoms with Gasteiger partial charge in [0.25, 0.3) is 5.89 Å². The van der Waals surface area contributed by atoms with E-state index in [1.807, 2.05) is 0 Å². The standard InChI is InChI=1S/C9H6N2O2/c12-6-9-11-5-8(13-9)7-1-3-10-4-2-7/h1-6H. The van der Waals surface area contributed by atoms with Gasteiger partial charge in [0.15, 0.2) is 5.76 Å². The van der Waals surface area contributed by atoms with Crippen molar-refractivity contribution in [2.24, 2.45) is 0 Å². The molecule has 2 aromatic heterocycles. The maximum absolute atomic E-state index is 10.3. The quantitative estimate of drug-likeness (QED) is 0.648. The van der Waals surface area contributed by atoms with Gasteiger partial charge < -0.3 is 4.42 Å². The first kappa shape index (κ1) is 7.67. The Bertz CT molecular complexity index is 409. The number of aldehydes is 1. The molecule has 0 bridgehead atoms. The van der Waals surface area contributed by atoms with Gasteiger partial charge in [0, 0.05) is 18.0 Å². The number of oxazole rings is 1. The molecule has 0 saturated carbocycles. The molecule has 13 heavy (non-hydrogen) atoms. The molecule has 0 aromatic carbocycles. The molecule has 4 heteroatoms. The van der Waals surface area contributed by atoms with Crippen LogP contribution < -0.4 is 0 Å². The van der Waals surface area contributed by atoms with Gasteiger partial charge in [0.1, 0.15) is 0 Å². The number of pyridine rings is 1. The molecular weight excluding hydrogens is 168 g/mol. The molecule has 64 valence electrons. The molecule has 0 saturated heterocycles. The van der Waals surface area contributed by atoms with E-state index < -0.39 is 0 Å². The summed E-state index contributed by atoms with van der Waals surface area (Å²) in [4.78, 5) is 17.9. The summed E-state index contributed by atoms with van der Waals surface area (Å²) >= 11 is 0. The van der Waals surface area contributed by atoms with Gasteiger partial charge >= 0.3 is 0 Å². The molecule has 0 atom stereocenters. The Morgan fingerprint density at radius 1 is 1.31 bits per heavy atom. The predicted molar refractivity (Wildman–Crippen MR) is 45.1 cm³/mol. The largest absolute Gasteiger partial charge is 0.434 e. The topological polar surface area (TPSA) is 56.0 Å². The molecule has 2 heterocycles. The number of aromatic nitrogens is 2. The first-order chi connectivity index (χ1) is 6.40. The minimum Gasteiger partial charge on any atom is -0.434 e. The lowest BCUT2D eigenvalue weighted by molar-refractivity contribution is 0.109. The molecule has 0 unspecified atom stereocenters. The maximum atomic E-state index is 10.3. The summed E-state index contributed by atoms with van der Waals surface area (Å²) in [6.45, 7) is 0. The number of rotatable bonds is 2. The van der Waals surface area contributed by atoms with Gasteiger partial charge in [-0.15, -0.1) is 0 Å². The lowest BCUT2D eigenvalue weighted by Gasteiger charge is -1.91. The summed E-state index contributed by atoms with van der Waals surface area (Å²) in [6, 6.07) is 3.57. The summed E-state index contributed by atoms with van der Waals surface area (Å²) in [5.74, 6) is 0.663. The van der Waals surface area contributed by atoms with E-state index in [9.17, 15) is 4.79 Å². The van der Waals surface area contributed by atoms with Crippen LogP contribution in [0, 0.1) is 0 Å². The van der Waals surface area contributed by atoms with Crippen molar-refractivity contribution < 1.29 is 9.21 Å². The molecule has 0 aliphatic rings. The first-order valence-corrected chi connectivity index (χ1v) is 3.71. The van der Waals surface area contributed by atoms with Crippen LogP contribution in [0.4, 0.5) is 0 Å². The van der Waals surface area contributed by atoms with Gasteiger partial charge in [-0.3, -0.25) is 9.78 Å². The number of carbonyl (C=O) groups is 1. The molecule has 0 aliphatic heterocycles. The Morgan fingerprint density at radius 3 is 2.69 bits per heavy atom. The first-order valence-electron chi connectivity index (χ1n) is 3.71. The summed E-state index contributed by atoms with van der Waals surface area (Å²) in [7, 11) is 0. The van der Waals surface area contributed by atoms with Crippen molar-refractivity contribution in [3.05, 3.63) is 36.6 Å². The second kappa shape index (κ2) is 3.18. The van der Waals surface area contributed by atoms with Gasteiger partial charge in [-0.2, -0.15) is 0 Å². The summed E-state index contributed by atoms with van der Waals surface area (Å²) < 4.78 is 5.11. The lowest BCUT2D eigenvalue weighted by Crippen LogP contribution is -1.74. The van der Waals surface area contributed by atoms with E-state index in [0.717, 1.165) is 5.56 Å². The summed E-state index contributed by atoms with van der Waals surface area (Å²) in [5, 5.41) is 0. The van der Waals surface area contributed by atoms with E-state index in [0.29, 0.717) is 12.0 Å². The fraction of sp³-hybridized carbons (Fsp3) is 0. The molecule has 0 radical (unpaired) electrons. The van der Waals surface area contributed by atoms with Gasteiger partial charge in [-0.1, -0.05) is 0 Å². The minimum absolute atomic E-state index is 0.0896. The number of hydrogen-bond donors (Lipinski definition) is 0. The highest BCUT2D eigenvalue weighted by Crippen LogP contribution is 2.17. The van der Waals surface area contributed by atoms with Crippen LogP contribution in [0.3, 0.4) is 0 Å². The average molecular weight is 174 g/mol. The zero-order valence-electron chi connectivity index (χ0n) is 6.68. The van der Waals surface area contributed by atoms with E-state index >= 15 is 0 Å². The van der Waals surface area contributed by atoms with Gasteiger partial charge in [0.2, 0.25) is 6.29 Å². The van der Waals surface area contributed by atoms with Gasteiger partial charge in [-0.05, 0) is 12.1 Å². The Kier molecular flexibility index (Phi) is 1.88. The molecular formula is C9H6N2O2. The van der Waals surface area contributed by atoms with Crippen LogP contribution >= 0.6 is 0 Å². The second-order valence-electron chi connectivity index (χ2n) is 2.42. The highest BCUT2D eigenvalue weighted by Gasteiger charge is 2.03. The average Bonchev–Trinajstić information content (AvgIpc) is 2.67. The van der Waals surface area contributed by atoms with Crippen molar-refractivity contribution in [2.45, 2.75) is 0 Å². The SMILES string of the molecule is O=Cc1ncc(-c2ccncc2)o1. The monoisotopic (exact) mass is 174 g/mol. The van der Waals surface area contributed by atoms with Crippen molar-refractivity contribution in [3.8, 4) is 11.3 Å². The van der Waals surface area contributed by atoms with E-state index in [4.69, 9.17) is 4.42 Å². The Hall–Kier alpha value is -1.97. The normalized spacial score (nSPS) is 9.85. The van der Waals surface area contributed by atoms with Crippen LogP contribution in [0.5, 0.6) is 0 Å². The zero-order chi connectivity index (χ0) is 9.10. The smallest absolute Gasteiger partial charge is 0.260 e. The fourth-order valence-electron chi connectivity index (χ4n) is 0.992. The molecule has 0 N–H and O–H groups in total. The Balaban J connectivity index is 2.41. The van der Waals surface area contributed by atoms with Gasteiger partial charge in [0.05, 0.1) is 6.20 Å². The summed E-state index contributed by atoms with van der Waals surface area (Å²) in [5.41, 5.74) is 0.857. The van der Waals surface area contributed by atoms with E-state index in [-0.39, 0.29) is 5.89 Å². The summed E-state index contributed by atoms with van der Waals surface area (Å²) in [6.07, 6.45) is 5.39. The molecule has 0 spiro atoms. The van der Waals surface area contributed by atoms with Crippen LogP contribution in [0.15, 0.2) is 35.1 Å². The van der Waals surface area contributed by atoms with Crippen molar-refractivity contribution in [2.75, 3.05) is 0 Å². The molecule has 0 fully saturated rings. The van der Waals surface area contributed by atoms with Crippen LogP contribution in [0.25, 0.3) is 11.3 Å². The van der Waals surface area contributed by atoms with Crippen molar-refractivity contribution in [1.82, 2.24) is 9.97 Å². The molecule has 2 aromatic rings. The zero-order valence-corrected chi connectivity index (χ0v) is 6.68. The van der Waals surface area contributed by atoms with Gasteiger partial charge in [-0.25, -0.2) is 4.98 Å². The molecule has 4 nitrogen and oxygen atoms in total. The second-order valence-corrected chi connectivity index (χ2v) is 2.42. The van der Waals surface area contributed by atoms with E-state index in [1.165, 1.54) is 6.20 Å². The van der Waals surface area contributed by atoms with Crippen LogP contribution in [0.2, 0.25) is 0 Å². The van der Waals surface area contributed by atoms with E-state index in [2.05, 4.69) is 9.97 Å². The number of nitrogens with zero attached hydrogens (tertiary/aromatic N) is 2.